The predicted molar refractivity (Wildman–Crippen MR) is 83.6 cm³/mol. The Bertz CT molecular complexity index is 753. The molecule has 0 fully saturated rings. The van der Waals surface area contributed by atoms with Crippen molar-refractivity contribution in [2.75, 3.05) is 0 Å². The lowest BCUT2D eigenvalue weighted by Gasteiger charge is -2.21. The van der Waals surface area contributed by atoms with Gasteiger partial charge in [0.25, 0.3) is 0 Å². The molecule has 0 saturated heterocycles. The molecule has 2 aliphatic rings. The van der Waals surface area contributed by atoms with Crippen LogP contribution in [0.5, 0.6) is 23.0 Å². The van der Waals surface area contributed by atoms with Crippen molar-refractivity contribution in [2.24, 2.45) is 11.8 Å². The summed E-state index contributed by atoms with van der Waals surface area (Å²) in [6.07, 6.45) is 1.02. The predicted octanol–water partition coefficient (Wildman–Crippen LogP) is 2.76. The minimum atomic E-state index is -0.414. The standard InChI is InChI=1S/C18H18O5/c1-10-6-11-3-5-17(16(21)9-11)23-18(22)13(10)7-12-2-4-14(19)15(20)8-12/h2-5,8-10,13,19-21H,6-7H2,1H3. The number of benzene rings is 2. The lowest BCUT2D eigenvalue weighted by Crippen LogP contribution is -2.29. The highest BCUT2D eigenvalue weighted by atomic mass is 16.5. The number of ether oxygens (including phenoxy) is 1. The number of esters is 1. The molecule has 0 aliphatic carbocycles. The van der Waals surface area contributed by atoms with E-state index < -0.39 is 11.9 Å². The first-order valence-electron chi connectivity index (χ1n) is 7.48. The van der Waals surface area contributed by atoms with Crippen LogP contribution in [0, 0.1) is 11.8 Å². The SMILES string of the molecule is CC1Cc2ccc(c(O)c2)OC(=O)C1Cc1ccc(O)c(O)c1. The molecule has 4 rings (SSSR count). The van der Waals surface area contributed by atoms with Crippen molar-refractivity contribution in [3.8, 4) is 23.0 Å². The quantitative estimate of drug-likeness (QED) is 0.451. The largest absolute Gasteiger partial charge is 0.504 e. The Hall–Kier alpha value is -2.69. The van der Waals surface area contributed by atoms with Gasteiger partial charge in [0.2, 0.25) is 0 Å². The Morgan fingerprint density at radius 2 is 1.83 bits per heavy atom. The van der Waals surface area contributed by atoms with Crippen LogP contribution < -0.4 is 4.74 Å². The average Bonchev–Trinajstić information content (AvgIpc) is 2.57. The second-order valence-corrected chi connectivity index (χ2v) is 6.04. The van der Waals surface area contributed by atoms with E-state index in [2.05, 4.69) is 0 Å². The average molecular weight is 314 g/mol. The van der Waals surface area contributed by atoms with Crippen LogP contribution >= 0.6 is 0 Å². The molecule has 2 heterocycles. The van der Waals surface area contributed by atoms with Crippen LogP contribution in [0.1, 0.15) is 18.1 Å². The number of hydrogen-bond donors (Lipinski definition) is 3. The van der Waals surface area contributed by atoms with Crippen molar-refractivity contribution >= 4 is 5.97 Å². The van der Waals surface area contributed by atoms with Crippen LogP contribution in [-0.4, -0.2) is 21.3 Å². The molecule has 3 N–H and O–H groups in total. The first-order valence-corrected chi connectivity index (χ1v) is 7.48. The van der Waals surface area contributed by atoms with Crippen LogP contribution in [0.3, 0.4) is 0 Å². The number of phenols is 3. The molecule has 0 aromatic heterocycles. The van der Waals surface area contributed by atoms with Crippen molar-refractivity contribution in [2.45, 2.75) is 19.8 Å². The normalized spacial score (nSPS) is 20.5. The van der Waals surface area contributed by atoms with Gasteiger partial charge in [0.15, 0.2) is 23.0 Å². The van der Waals surface area contributed by atoms with Gasteiger partial charge in [0, 0.05) is 0 Å². The summed E-state index contributed by atoms with van der Waals surface area (Å²) in [5, 5.41) is 28.9. The van der Waals surface area contributed by atoms with E-state index in [1.54, 1.807) is 18.2 Å². The fraction of sp³-hybridized carbons (Fsp3) is 0.278. The molecular weight excluding hydrogens is 296 g/mol. The van der Waals surface area contributed by atoms with E-state index in [9.17, 15) is 20.1 Å². The maximum absolute atomic E-state index is 12.5. The fourth-order valence-electron chi connectivity index (χ4n) is 2.94. The van der Waals surface area contributed by atoms with Gasteiger partial charge < -0.3 is 20.1 Å². The van der Waals surface area contributed by atoms with Gasteiger partial charge in [0.1, 0.15) is 0 Å². The molecule has 2 atom stereocenters. The second kappa shape index (κ2) is 5.83. The zero-order valence-electron chi connectivity index (χ0n) is 12.7. The number of hydrogen-bond acceptors (Lipinski definition) is 5. The van der Waals surface area contributed by atoms with E-state index in [4.69, 9.17) is 4.74 Å². The van der Waals surface area contributed by atoms with Gasteiger partial charge in [-0.05, 0) is 54.2 Å². The fourth-order valence-corrected chi connectivity index (χ4v) is 2.94. The molecule has 23 heavy (non-hydrogen) atoms. The van der Waals surface area contributed by atoms with E-state index in [0.717, 1.165) is 11.1 Å². The third-order valence-corrected chi connectivity index (χ3v) is 4.28. The minimum Gasteiger partial charge on any atom is -0.504 e. The Kier molecular flexibility index (Phi) is 3.86. The highest BCUT2D eigenvalue weighted by molar-refractivity contribution is 5.77. The topological polar surface area (TPSA) is 87.0 Å². The van der Waals surface area contributed by atoms with Crippen LogP contribution in [-0.2, 0) is 17.6 Å². The van der Waals surface area contributed by atoms with Crippen molar-refractivity contribution in [3.63, 3.8) is 0 Å². The molecule has 120 valence electrons. The maximum atomic E-state index is 12.5. The molecule has 0 saturated carbocycles. The number of carbonyl (C=O) groups excluding carboxylic acids is 1. The molecule has 2 unspecified atom stereocenters. The molecule has 0 spiro atoms. The van der Waals surface area contributed by atoms with Gasteiger partial charge in [-0.15, -0.1) is 0 Å². The van der Waals surface area contributed by atoms with E-state index in [1.165, 1.54) is 12.1 Å². The molecule has 0 amide bonds. The van der Waals surface area contributed by atoms with Crippen LogP contribution in [0.2, 0.25) is 0 Å². The van der Waals surface area contributed by atoms with Crippen LogP contribution in [0.15, 0.2) is 36.4 Å². The first kappa shape index (κ1) is 15.2. The minimum absolute atomic E-state index is 0.000374. The van der Waals surface area contributed by atoms with Gasteiger partial charge >= 0.3 is 5.97 Å². The molecule has 2 bridgehead atoms. The Labute approximate surface area is 133 Å². The van der Waals surface area contributed by atoms with Crippen molar-refractivity contribution in [1.82, 2.24) is 0 Å². The van der Waals surface area contributed by atoms with Crippen molar-refractivity contribution in [1.29, 1.82) is 0 Å². The number of fused-ring (bicyclic) bond motifs is 6. The summed E-state index contributed by atoms with van der Waals surface area (Å²) in [5.74, 6) is -1.11. The summed E-state index contributed by atoms with van der Waals surface area (Å²) in [6.45, 7) is 1.96. The van der Waals surface area contributed by atoms with Gasteiger partial charge in [-0.2, -0.15) is 0 Å². The van der Waals surface area contributed by atoms with Crippen molar-refractivity contribution in [3.05, 3.63) is 47.5 Å². The number of carbonyl (C=O) groups is 1. The maximum Gasteiger partial charge on any atom is 0.315 e. The van der Waals surface area contributed by atoms with Crippen LogP contribution in [0.4, 0.5) is 0 Å². The Morgan fingerprint density at radius 1 is 1.04 bits per heavy atom. The number of aromatic hydroxyl groups is 3. The Balaban J connectivity index is 1.89. The molecular formula is C18H18O5. The van der Waals surface area contributed by atoms with E-state index in [0.29, 0.717) is 12.8 Å². The highest BCUT2D eigenvalue weighted by Crippen LogP contribution is 2.34. The van der Waals surface area contributed by atoms with Gasteiger partial charge in [0.05, 0.1) is 5.92 Å². The van der Waals surface area contributed by atoms with E-state index in [1.807, 2.05) is 13.0 Å². The van der Waals surface area contributed by atoms with Crippen LogP contribution in [0.25, 0.3) is 0 Å². The summed E-state index contributed by atoms with van der Waals surface area (Å²) in [7, 11) is 0. The third kappa shape index (κ3) is 3.08. The highest BCUT2D eigenvalue weighted by Gasteiger charge is 2.30. The number of phenolic OH excluding ortho intramolecular Hbond substituents is 3. The van der Waals surface area contributed by atoms with Gasteiger partial charge in [-0.3, -0.25) is 4.79 Å². The summed E-state index contributed by atoms with van der Waals surface area (Å²) in [5.41, 5.74) is 1.68. The summed E-state index contributed by atoms with van der Waals surface area (Å²) < 4.78 is 5.33. The molecule has 2 aromatic rings. The van der Waals surface area contributed by atoms with Crippen molar-refractivity contribution < 1.29 is 24.9 Å². The zero-order chi connectivity index (χ0) is 16.6. The molecule has 2 aromatic carbocycles. The summed E-state index contributed by atoms with van der Waals surface area (Å²) in [4.78, 5) is 12.5. The number of rotatable bonds is 2. The molecule has 0 radical (unpaired) electrons. The van der Waals surface area contributed by atoms with E-state index in [-0.39, 0.29) is 28.9 Å². The van der Waals surface area contributed by atoms with Gasteiger partial charge in [-0.1, -0.05) is 19.1 Å². The third-order valence-electron chi connectivity index (χ3n) is 4.28. The summed E-state index contributed by atoms with van der Waals surface area (Å²) >= 11 is 0. The second-order valence-electron chi connectivity index (χ2n) is 6.04. The molecule has 5 heteroatoms. The summed E-state index contributed by atoms with van der Waals surface area (Å²) in [6, 6.07) is 9.58. The molecule has 5 nitrogen and oxygen atoms in total. The molecule has 2 aliphatic heterocycles. The monoisotopic (exact) mass is 314 g/mol. The smallest absolute Gasteiger partial charge is 0.315 e. The first-order chi connectivity index (χ1) is 10.9. The van der Waals surface area contributed by atoms with Gasteiger partial charge in [-0.25, -0.2) is 0 Å². The lowest BCUT2D eigenvalue weighted by atomic mass is 9.84. The lowest BCUT2D eigenvalue weighted by molar-refractivity contribution is -0.140. The zero-order valence-corrected chi connectivity index (χ0v) is 12.7. The Morgan fingerprint density at radius 3 is 2.52 bits per heavy atom. The van der Waals surface area contributed by atoms with E-state index >= 15 is 0 Å².